The number of nitrogens with zero attached hydrogens (tertiary/aromatic N) is 3. The number of aryl methyl sites for hydroxylation is 1. The number of benzene rings is 2. The molecule has 0 aliphatic carbocycles. The van der Waals surface area contributed by atoms with Gasteiger partial charge in [0.15, 0.2) is 5.82 Å². The van der Waals surface area contributed by atoms with Crippen LogP contribution in [0.15, 0.2) is 54.9 Å². The lowest BCUT2D eigenvalue weighted by Gasteiger charge is -2.08. The highest BCUT2D eigenvalue weighted by Gasteiger charge is 2.05. The second-order valence-corrected chi connectivity index (χ2v) is 7.67. The van der Waals surface area contributed by atoms with E-state index in [1.165, 1.54) is 56.2 Å². The van der Waals surface area contributed by atoms with E-state index in [1.54, 1.807) is 12.1 Å². The molecule has 0 aliphatic rings. The number of ether oxygens (including phenoxy) is 1. The molecule has 0 amide bonds. The third kappa shape index (κ3) is 6.89. The number of halogens is 1. The molecule has 2 aromatic carbocycles. The Balaban J connectivity index is 1.49. The molecule has 0 saturated heterocycles. The topological polar surface area (TPSA) is 58.8 Å². The van der Waals surface area contributed by atoms with Gasteiger partial charge in [-0.3, -0.25) is 0 Å². The number of nitriles is 1. The van der Waals surface area contributed by atoms with Crippen LogP contribution < -0.4 is 4.74 Å². The zero-order chi connectivity index (χ0) is 21.9. The van der Waals surface area contributed by atoms with Gasteiger partial charge in [0.2, 0.25) is 0 Å². The molecule has 1 heterocycles. The number of unbranched alkanes of at least 4 members (excludes halogenated alkanes) is 5. The van der Waals surface area contributed by atoms with Crippen LogP contribution in [0.2, 0.25) is 0 Å². The maximum atomic E-state index is 13.7. The lowest BCUT2D eigenvalue weighted by molar-refractivity contribution is 0.304. The Kier molecular flexibility index (Phi) is 8.54. The first-order chi connectivity index (χ1) is 15.2. The second kappa shape index (κ2) is 11.8. The average molecular weight is 418 g/mol. The van der Waals surface area contributed by atoms with Crippen LogP contribution in [0.4, 0.5) is 4.39 Å². The van der Waals surface area contributed by atoms with Gasteiger partial charge >= 0.3 is 0 Å². The van der Waals surface area contributed by atoms with Crippen molar-refractivity contribution in [3.63, 3.8) is 0 Å². The molecule has 0 N–H and O–H groups in total. The van der Waals surface area contributed by atoms with E-state index in [9.17, 15) is 4.39 Å². The van der Waals surface area contributed by atoms with Crippen LogP contribution in [-0.4, -0.2) is 9.97 Å². The highest BCUT2D eigenvalue weighted by molar-refractivity contribution is 5.55. The van der Waals surface area contributed by atoms with E-state index in [2.05, 4.69) is 16.9 Å². The zero-order valence-electron chi connectivity index (χ0n) is 18.0. The molecule has 3 rings (SSSR count). The van der Waals surface area contributed by atoms with Gasteiger partial charge in [0.05, 0.1) is 5.56 Å². The van der Waals surface area contributed by atoms with Gasteiger partial charge in [-0.2, -0.15) is 5.26 Å². The van der Waals surface area contributed by atoms with Crippen LogP contribution in [0.1, 0.15) is 62.1 Å². The van der Waals surface area contributed by atoms with Crippen molar-refractivity contribution < 1.29 is 9.13 Å². The molecule has 0 atom stereocenters. The summed E-state index contributed by atoms with van der Waals surface area (Å²) >= 11 is 0. The first-order valence-electron chi connectivity index (χ1n) is 10.9. The molecule has 5 heteroatoms. The monoisotopic (exact) mass is 417 g/mol. The minimum atomic E-state index is -0.576. The SMILES string of the molecule is CCCCCCCCc1cnc(-c2ccc(COc3ccc(C#N)c(F)c3)cc2)nc1. The van der Waals surface area contributed by atoms with Crippen molar-refractivity contribution in [1.29, 1.82) is 5.26 Å². The van der Waals surface area contributed by atoms with Gasteiger partial charge in [0.25, 0.3) is 0 Å². The minimum Gasteiger partial charge on any atom is -0.489 e. The second-order valence-electron chi connectivity index (χ2n) is 7.67. The van der Waals surface area contributed by atoms with Crippen LogP contribution >= 0.6 is 0 Å². The predicted molar refractivity (Wildman–Crippen MR) is 120 cm³/mol. The Bertz CT molecular complexity index is 995. The standard InChI is InChI=1S/C26H28FN3O/c1-2-3-4-5-6-7-8-21-17-29-26(30-18-21)22-11-9-20(10-12-22)19-31-24-14-13-23(16-28)25(27)15-24/h9-15,17-18H,2-8,19H2,1H3. The Hall–Kier alpha value is -3.26. The van der Waals surface area contributed by atoms with Crippen LogP contribution in [0.25, 0.3) is 11.4 Å². The Labute approximate surface area is 183 Å². The lowest BCUT2D eigenvalue weighted by atomic mass is 10.1. The van der Waals surface area contributed by atoms with Crippen LogP contribution in [0, 0.1) is 17.1 Å². The van der Waals surface area contributed by atoms with E-state index in [0.717, 1.165) is 17.5 Å². The molecule has 0 spiro atoms. The minimum absolute atomic E-state index is 0.00898. The lowest BCUT2D eigenvalue weighted by Crippen LogP contribution is -1.97. The van der Waals surface area contributed by atoms with E-state index in [-0.39, 0.29) is 5.56 Å². The number of aromatic nitrogens is 2. The van der Waals surface area contributed by atoms with Crippen LogP contribution in [0.3, 0.4) is 0 Å². The molecule has 3 aromatic rings. The first-order valence-corrected chi connectivity index (χ1v) is 10.9. The van der Waals surface area contributed by atoms with Crippen LogP contribution in [-0.2, 0) is 13.0 Å². The molecule has 0 unspecified atom stereocenters. The fourth-order valence-corrected chi connectivity index (χ4v) is 3.34. The van der Waals surface area contributed by atoms with Gasteiger partial charge in [0.1, 0.15) is 24.2 Å². The van der Waals surface area contributed by atoms with Crippen molar-refractivity contribution >= 4 is 0 Å². The molecular formula is C26H28FN3O. The summed E-state index contributed by atoms with van der Waals surface area (Å²) in [5.41, 5.74) is 3.08. The third-order valence-corrected chi connectivity index (χ3v) is 5.20. The molecule has 0 saturated carbocycles. The van der Waals surface area contributed by atoms with E-state index < -0.39 is 5.82 Å². The first kappa shape index (κ1) is 22.4. The van der Waals surface area contributed by atoms with Gasteiger partial charge < -0.3 is 4.74 Å². The average Bonchev–Trinajstić information content (AvgIpc) is 2.81. The molecule has 0 radical (unpaired) electrons. The molecule has 0 bridgehead atoms. The number of rotatable bonds is 11. The van der Waals surface area contributed by atoms with Crippen molar-refractivity contribution in [2.75, 3.05) is 0 Å². The van der Waals surface area contributed by atoms with Crippen molar-refractivity contribution in [3.8, 4) is 23.2 Å². The Morgan fingerprint density at radius 1 is 0.903 bits per heavy atom. The van der Waals surface area contributed by atoms with Gasteiger partial charge in [-0.15, -0.1) is 0 Å². The van der Waals surface area contributed by atoms with E-state index in [1.807, 2.05) is 36.7 Å². The van der Waals surface area contributed by atoms with Gasteiger partial charge in [0, 0.05) is 24.0 Å². The fraction of sp³-hybridized carbons (Fsp3) is 0.346. The van der Waals surface area contributed by atoms with Crippen molar-refractivity contribution in [2.45, 2.75) is 58.5 Å². The molecular weight excluding hydrogens is 389 g/mol. The summed E-state index contributed by atoms with van der Waals surface area (Å²) in [5, 5.41) is 8.79. The predicted octanol–water partition coefficient (Wildman–Crippen LogP) is 6.64. The normalized spacial score (nSPS) is 10.6. The van der Waals surface area contributed by atoms with E-state index in [0.29, 0.717) is 18.2 Å². The molecule has 1 aromatic heterocycles. The summed E-state index contributed by atoms with van der Waals surface area (Å²) in [6.45, 7) is 2.55. The quantitative estimate of drug-likeness (QED) is 0.328. The molecule has 0 aliphatic heterocycles. The van der Waals surface area contributed by atoms with Crippen molar-refractivity contribution in [1.82, 2.24) is 9.97 Å². The van der Waals surface area contributed by atoms with E-state index in [4.69, 9.17) is 10.00 Å². The summed E-state index contributed by atoms with van der Waals surface area (Å²) in [6.07, 6.45) is 12.6. The molecule has 4 nitrogen and oxygen atoms in total. The van der Waals surface area contributed by atoms with Gasteiger partial charge in [-0.05, 0) is 36.1 Å². The highest BCUT2D eigenvalue weighted by atomic mass is 19.1. The van der Waals surface area contributed by atoms with Crippen molar-refractivity contribution in [3.05, 3.63) is 77.4 Å². The summed E-state index contributed by atoms with van der Waals surface area (Å²) in [7, 11) is 0. The summed E-state index contributed by atoms with van der Waals surface area (Å²) < 4.78 is 19.3. The molecule has 160 valence electrons. The summed E-state index contributed by atoms with van der Waals surface area (Å²) in [6, 6.07) is 13.9. The van der Waals surface area contributed by atoms with Gasteiger partial charge in [-0.25, -0.2) is 14.4 Å². The largest absolute Gasteiger partial charge is 0.489 e. The van der Waals surface area contributed by atoms with Gasteiger partial charge in [-0.1, -0.05) is 63.3 Å². The maximum Gasteiger partial charge on any atom is 0.159 e. The number of hydrogen-bond acceptors (Lipinski definition) is 4. The smallest absolute Gasteiger partial charge is 0.159 e. The third-order valence-electron chi connectivity index (χ3n) is 5.20. The summed E-state index contributed by atoms with van der Waals surface area (Å²) in [5.74, 6) is 0.519. The fourth-order valence-electron chi connectivity index (χ4n) is 3.34. The van der Waals surface area contributed by atoms with E-state index >= 15 is 0 Å². The molecule has 31 heavy (non-hydrogen) atoms. The number of hydrogen-bond donors (Lipinski definition) is 0. The van der Waals surface area contributed by atoms with Crippen LogP contribution in [0.5, 0.6) is 5.75 Å². The zero-order valence-corrected chi connectivity index (χ0v) is 18.0. The highest BCUT2D eigenvalue weighted by Crippen LogP contribution is 2.20. The molecule has 0 fully saturated rings. The Morgan fingerprint density at radius 3 is 2.29 bits per heavy atom. The van der Waals surface area contributed by atoms with Crippen molar-refractivity contribution in [2.24, 2.45) is 0 Å². The maximum absolute atomic E-state index is 13.7. The Morgan fingerprint density at radius 2 is 1.61 bits per heavy atom. The summed E-state index contributed by atoms with van der Waals surface area (Å²) in [4.78, 5) is 9.03.